The molecule has 0 unspecified atom stereocenters. The van der Waals surface area contributed by atoms with Crippen LogP contribution in [0, 0.1) is 90.0 Å². The molecule has 2 aromatic heterocycles. The fraction of sp³-hybridized carbons (Fsp3) is 0.276. The number of benzene rings is 6. The number of aryl methyl sites for hydroxylation is 12. The molecule has 0 radical (unpaired) electrons. The lowest BCUT2D eigenvalue weighted by atomic mass is 10.1. The van der Waals surface area contributed by atoms with Crippen molar-refractivity contribution in [3.05, 3.63) is 217 Å². The van der Waals surface area contributed by atoms with Crippen molar-refractivity contribution in [1.29, 1.82) is 0 Å². The molecule has 3 nitrogen and oxygen atoms in total. The topological polar surface area (TPSA) is 27.7 Å². The van der Waals surface area contributed by atoms with Gasteiger partial charge in [-0.05, 0) is 182 Å². The summed E-state index contributed by atoms with van der Waals surface area (Å²) in [6.45, 7) is 27.5. The Labute approximate surface area is 389 Å². The second-order valence-corrected chi connectivity index (χ2v) is 17.6. The van der Waals surface area contributed by atoms with Gasteiger partial charge in [-0.15, -0.1) is 22.7 Å². The van der Waals surface area contributed by atoms with E-state index < -0.39 is 0 Å². The van der Waals surface area contributed by atoms with Crippen LogP contribution in [0.15, 0.2) is 144 Å². The first kappa shape index (κ1) is 53.5. The Morgan fingerprint density at radius 3 is 1.30 bits per heavy atom. The van der Waals surface area contributed by atoms with Crippen LogP contribution >= 0.6 is 22.7 Å². The van der Waals surface area contributed by atoms with Crippen molar-refractivity contribution in [1.82, 2.24) is 0 Å². The molecule has 8 rings (SSSR count). The maximum absolute atomic E-state index is 5.04. The fourth-order valence-electron chi connectivity index (χ4n) is 6.08. The third kappa shape index (κ3) is 20.9. The molecule has 0 amide bonds. The largest absolute Gasteiger partial charge is 0.497 e. The maximum Gasteiger partial charge on any atom is 0.121 e. The van der Waals surface area contributed by atoms with Crippen LogP contribution in [0.25, 0.3) is 9.40 Å². The number of ether oxygens (including phenoxy) is 3. The van der Waals surface area contributed by atoms with E-state index in [4.69, 9.17) is 14.2 Å². The summed E-state index contributed by atoms with van der Waals surface area (Å²) < 4.78 is 17.9. The predicted octanol–water partition coefficient (Wildman–Crippen LogP) is 17.1. The predicted molar refractivity (Wildman–Crippen MR) is 280 cm³/mol. The molecule has 0 N–H and O–H groups in total. The van der Waals surface area contributed by atoms with Gasteiger partial charge in [0.15, 0.2) is 0 Å². The molecule has 6 aromatic carbocycles. The highest BCUT2D eigenvalue weighted by molar-refractivity contribution is 7.26. The minimum Gasteiger partial charge on any atom is -0.497 e. The molecule has 0 saturated heterocycles. The van der Waals surface area contributed by atoms with E-state index in [0.717, 1.165) is 17.2 Å². The van der Waals surface area contributed by atoms with Crippen LogP contribution in [-0.2, 0) is 0 Å². The van der Waals surface area contributed by atoms with Gasteiger partial charge in [-0.3, -0.25) is 0 Å². The van der Waals surface area contributed by atoms with E-state index >= 15 is 0 Å². The van der Waals surface area contributed by atoms with Crippen LogP contribution in [0.1, 0.15) is 72.3 Å². The lowest BCUT2D eigenvalue weighted by Gasteiger charge is -2.00. The normalized spacial score (nSPS) is 9.59. The van der Waals surface area contributed by atoms with Crippen LogP contribution in [-0.4, -0.2) is 21.3 Å². The molecule has 5 heteroatoms. The number of fused-ring (bicyclic) bond motifs is 1. The lowest BCUT2D eigenvalue weighted by molar-refractivity contribution is 0.411. The molecule has 0 aliphatic carbocycles. The summed E-state index contributed by atoms with van der Waals surface area (Å²) >= 11 is 3.66. The van der Waals surface area contributed by atoms with Gasteiger partial charge in [0.25, 0.3) is 0 Å². The van der Waals surface area contributed by atoms with Gasteiger partial charge in [-0.1, -0.05) is 125 Å². The zero-order valence-corrected chi connectivity index (χ0v) is 42.5. The quantitative estimate of drug-likeness (QED) is 0.177. The summed E-state index contributed by atoms with van der Waals surface area (Å²) in [5.41, 5.74) is 17.4. The summed E-state index contributed by atoms with van der Waals surface area (Å²) in [7, 11) is 5.03. The lowest BCUT2D eigenvalue weighted by Crippen LogP contribution is -1.84. The van der Waals surface area contributed by atoms with Crippen LogP contribution in [0.3, 0.4) is 0 Å². The molecular weight excluding hydrogens is 809 g/mol. The van der Waals surface area contributed by atoms with Gasteiger partial charge in [-0.25, -0.2) is 0 Å². The summed E-state index contributed by atoms with van der Waals surface area (Å²) in [5.74, 6) is 2.80. The van der Waals surface area contributed by atoms with E-state index in [2.05, 4.69) is 148 Å². The third-order valence-corrected chi connectivity index (χ3v) is 12.3. The van der Waals surface area contributed by atoms with Gasteiger partial charge in [0.2, 0.25) is 0 Å². The SMILES string of the molecule is COc1ccc(C)cc1.COc1cccc(C)c1.COc1ccccc1C.Cc1cc(C)cc(C)c1.Cc1ccc(C)c(C)c1.Cc1cccc(C)c1C.Cc1csc2ccsc12. The average Bonchev–Trinajstić information content (AvgIpc) is 3.88. The first-order chi connectivity index (χ1) is 30.0. The zero-order valence-electron chi connectivity index (χ0n) is 40.9. The Balaban J connectivity index is 0.000000253. The van der Waals surface area contributed by atoms with E-state index in [1.54, 1.807) is 21.3 Å². The molecule has 63 heavy (non-hydrogen) atoms. The highest BCUT2D eigenvalue weighted by Gasteiger charge is 1.98. The summed E-state index contributed by atoms with van der Waals surface area (Å²) in [6, 6.07) is 45.5. The highest BCUT2D eigenvalue weighted by Crippen LogP contribution is 2.29. The average molecular weight is 881 g/mol. The molecule has 0 aliphatic heterocycles. The Morgan fingerprint density at radius 2 is 0.857 bits per heavy atom. The molecule has 0 aliphatic rings. The number of hydrogen-bond donors (Lipinski definition) is 0. The van der Waals surface area contributed by atoms with Gasteiger partial charge in [0, 0.05) is 9.40 Å². The van der Waals surface area contributed by atoms with Crippen LogP contribution in [0.5, 0.6) is 17.2 Å². The standard InChI is InChI=1S/3C9H12.3C8H10O.C7H6S2/c1-7-4-8(2)6-9(3)5-7;1-7-4-5-8(2)9(3)6-7;1-7-5-4-6-8(2)9(7)3;1-7-3-5-8(9-2)6-4-7;1-7-4-3-5-8(6-7)9-2;1-7-5-3-4-6-8(7)9-2;1-5-4-9-6-2-3-8-7(5)6/h3*4-6H,1-3H3;3*3-6H,1-2H3;2-4H,1H3. The zero-order chi connectivity index (χ0) is 46.9. The van der Waals surface area contributed by atoms with Crippen molar-refractivity contribution < 1.29 is 14.2 Å². The molecule has 2 heterocycles. The van der Waals surface area contributed by atoms with Crippen molar-refractivity contribution in [2.24, 2.45) is 0 Å². The first-order valence-corrected chi connectivity index (χ1v) is 23.1. The van der Waals surface area contributed by atoms with Gasteiger partial charge >= 0.3 is 0 Å². The Kier molecular flexibility index (Phi) is 24.5. The molecule has 0 fully saturated rings. The van der Waals surface area contributed by atoms with Crippen LogP contribution in [0.2, 0.25) is 0 Å². The van der Waals surface area contributed by atoms with Crippen molar-refractivity contribution in [3.63, 3.8) is 0 Å². The first-order valence-electron chi connectivity index (χ1n) is 21.3. The summed E-state index contributed by atoms with van der Waals surface area (Å²) in [4.78, 5) is 0. The number of thiophene rings is 2. The van der Waals surface area contributed by atoms with Gasteiger partial charge in [0.1, 0.15) is 17.2 Å². The van der Waals surface area contributed by atoms with Crippen molar-refractivity contribution in [3.8, 4) is 17.2 Å². The Morgan fingerprint density at radius 1 is 0.333 bits per heavy atom. The van der Waals surface area contributed by atoms with Crippen LogP contribution in [0.4, 0.5) is 0 Å². The molecule has 0 atom stereocenters. The van der Waals surface area contributed by atoms with E-state index in [0.29, 0.717) is 0 Å². The molecule has 8 aromatic rings. The Bertz CT molecular complexity index is 2440. The summed E-state index contributed by atoms with van der Waals surface area (Å²) in [5, 5.41) is 4.36. The van der Waals surface area contributed by atoms with Crippen molar-refractivity contribution in [2.75, 3.05) is 21.3 Å². The second-order valence-electron chi connectivity index (χ2n) is 15.8. The minimum absolute atomic E-state index is 0.917. The number of methoxy groups -OCH3 is 3. The number of hydrogen-bond acceptors (Lipinski definition) is 5. The van der Waals surface area contributed by atoms with Crippen molar-refractivity contribution in [2.45, 2.75) is 90.0 Å². The smallest absolute Gasteiger partial charge is 0.121 e. The molecule has 334 valence electrons. The third-order valence-electron chi connectivity index (χ3n) is 10.0. The molecule has 0 bridgehead atoms. The minimum atomic E-state index is 0.917. The number of para-hydroxylation sites is 1. The molecular formula is C58H72O3S2. The summed E-state index contributed by atoms with van der Waals surface area (Å²) in [6.07, 6.45) is 0. The van der Waals surface area contributed by atoms with E-state index in [1.165, 1.54) is 81.7 Å². The monoisotopic (exact) mass is 880 g/mol. The molecule has 0 spiro atoms. The van der Waals surface area contributed by atoms with Crippen LogP contribution < -0.4 is 14.2 Å². The van der Waals surface area contributed by atoms with Crippen molar-refractivity contribution >= 4 is 32.1 Å². The fourth-order valence-corrected chi connectivity index (χ4v) is 8.13. The van der Waals surface area contributed by atoms with Gasteiger partial charge in [-0.2, -0.15) is 0 Å². The second kappa shape index (κ2) is 28.9. The number of rotatable bonds is 3. The Hall–Kier alpha value is -5.62. The molecule has 0 saturated carbocycles. The van der Waals surface area contributed by atoms with E-state index in [-0.39, 0.29) is 0 Å². The van der Waals surface area contributed by atoms with Gasteiger partial charge < -0.3 is 14.2 Å². The highest BCUT2D eigenvalue weighted by atomic mass is 32.1. The van der Waals surface area contributed by atoms with E-state index in [1.807, 2.05) is 109 Å². The van der Waals surface area contributed by atoms with Gasteiger partial charge in [0.05, 0.1) is 21.3 Å². The van der Waals surface area contributed by atoms with E-state index in [9.17, 15) is 0 Å². The maximum atomic E-state index is 5.04.